The molecule has 0 amide bonds. The molecule has 1 radical (unpaired) electrons. The summed E-state index contributed by atoms with van der Waals surface area (Å²) in [4.78, 5) is 11.0. The SMILES string of the molecule is O=[C]CC[PH](c1ccccc1)(c1ccccc1)c1ccccc1. The molecule has 2 heteroatoms. The van der Waals surface area contributed by atoms with Gasteiger partial charge in [0, 0.05) is 0 Å². The second-order valence-corrected chi connectivity index (χ2v) is 9.69. The molecule has 0 bridgehead atoms. The van der Waals surface area contributed by atoms with Crippen LogP contribution in [-0.4, -0.2) is 12.4 Å². The first-order valence-corrected chi connectivity index (χ1v) is 10.1. The van der Waals surface area contributed by atoms with Crippen LogP contribution in [0.3, 0.4) is 0 Å². The van der Waals surface area contributed by atoms with Crippen molar-refractivity contribution in [3.63, 3.8) is 0 Å². The van der Waals surface area contributed by atoms with Crippen molar-refractivity contribution in [1.82, 2.24) is 0 Å². The van der Waals surface area contributed by atoms with Crippen LogP contribution >= 0.6 is 7.26 Å². The molecule has 3 aromatic carbocycles. The van der Waals surface area contributed by atoms with Crippen molar-refractivity contribution in [3.8, 4) is 0 Å². The Morgan fingerprint density at radius 2 is 0.957 bits per heavy atom. The Hall–Kier alpha value is -2.24. The molecule has 3 rings (SSSR count). The quantitative estimate of drug-likeness (QED) is 0.638. The van der Waals surface area contributed by atoms with E-state index in [0.717, 1.165) is 6.16 Å². The molecule has 115 valence electrons. The molecule has 0 saturated heterocycles. The van der Waals surface area contributed by atoms with E-state index in [-0.39, 0.29) is 0 Å². The van der Waals surface area contributed by atoms with E-state index in [1.807, 2.05) is 18.2 Å². The molecule has 0 aliphatic rings. The van der Waals surface area contributed by atoms with Gasteiger partial charge >= 0.3 is 138 Å². The third-order valence-electron chi connectivity index (χ3n) is 4.40. The van der Waals surface area contributed by atoms with Crippen molar-refractivity contribution in [1.29, 1.82) is 0 Å². The van der Waals surface area contributed by atoms with Crippen LogP contribution in [-0.2, 0) is 4.79 Å². The molecule has 0 aliphatic carbocycles. The number of carbonyl (C=O) groups excluding carboxylic acids is 1. The summed E-state index contributed by atoms with van der Waals surface area (Å²) in [6.45, 7) is 0. The molecule has 23 heavy (non-hydrogen) atoms. The zero-order chi connectivity index (χ0) is 16.0. The topological polar surface area (TPSA) is 17.1 Å². The van der Waals surface area contributed by atoms with E-state index in [0.29, 0.717) is 6.42 Å². The van der Waals surface area contributed by atoms with E-state index in [2.05, 4.69) is 79.1 Å². The second-order valence-electron chi connectivity index (χ2n) is 5.65. The van der Waals surface area contributed by atoms with Crippen LogP contribution in [0.5, 0.6) is 0 Å². The van der Waals surface area contributed by atoms with E-state index in [1.54, 1.807) is 0 Å². The Balaban J connectivity index is 2.27. The van der Waals surface area contributed by atoms with Gasteiger partial charge < -0.3 is 0 Å². The molecule has 3 aromatic rings. The van der Waals surface area contributed by atoms with Gasteiger partial charge in [0.05, 0.1) is 0 Å². The van der Waals surface area contributed by atoms with Crippen molar-refractivity contribution in [3.05, 3.63) is 91.0 Å². The standard InChI is InChI=1S/C21H20OP/c22-17-10-18-23(19-11-4-1-5-12-19,20-13-6-2-7-14-20)21-15-8-3-9-16-21/h1-9,11-16,23H,10,18H2. The Labute approximate surface area is 138 Å². The predicted octanol–water partition coefficient (Wildman–Crippen LogP) is 3.21. The first-order valence-electron chi connectivity index (χ1n) is 7.89. The molecule has 0 spiro atoms. The summed E-state index contributed by atoms with van der Waals surface area (Å²) in [7, 11) is -2.21. The Kier molecular flexibility index (Phi) is 5.00. The summed E-state index contributed by atoms with van der Waals surface area (Å²) in [5, 5.41) is 4.02. The molecule has 0 heterocycles. The summed E-state index contributed by atoms with van der Waals surface area (Å²) < 4.78 is 0. The van der Waals surface area contributed by atoms with Crippen molar-refractivity contribution in [2.24, 2.45) is 0 Å². The van der Waals surface area contributed by atoms with Gasteiger partial charge in [-0.25, -0.2) is 0 Å². The van der Waals surface area contributed by atoms with Gasteiger partial charge in [0.15, 0.2) is 0 Å². The average molecular weight is 319 g/mol. The maximum atomic E-state index is 11.0. The Morgan fingerprint density at radius 3 is 1.26 bits per heavy atom. The second kappa shape index (κ2) is 7.35. The summed E-state index contributed by atoms with van der Waals surface area (Å²) in [5.74, 6) is 0. The molecular formula is C21H20OP. The molecule has 0 saturated carbocycles. The molecule has 0 aromatic heterocycles. The van der Waals surface area contributed by atoms with Crippen molar-refractivity contribution < 1.29 is 4.79 Å². The van der Waals surface area contributed by atoms with Crippen molar-refractivity contribution in [2.75, 3.05) is 6.16 Å². The van der Waals surface area contributed by atoms with Crippen molar-refractivity contribution in [2.45, 2.75) is 6.42 Å². The minimum atomic E-state index is -2.21. The average Bonchev–Trinajstić information content (AvgIpc) is 2.65. The fourth-order valence-electron chi connectivity index (χ4n) is 3.34. The summed E-state index contributed by atoms with van der Waals surface area (Å²) in [6.07, 6.45) is 3.42. The number of hydrogen-bond donors (Lipinski definition) is 0. The van der Waals surface area contributed by atoms with Gasteiger partial charge in [0.25, 0.3) is 0 Å². The molecule has 1 nitrogen and oxygen atoms in total. The minimum absolute atomic E-state index is 0.463. The predicted molar refractivity (Wildman–Crippen MR) is 102 cm³/mol. The van der Waals surface area contributed by atoms with E-state index in [1.165, 1.54) is 15.9 Å². The summed E-state index contributed by atoms with van der Waals surface area (Å²) in [5.41, 5.74) is 0. The summed E-state index contributed by atoms with van der Waals surface area (Å²) >= 11 is 0. The number of rotatable bonds is 6. The van der Waals surface area contributed by atoms with Crippen molar-refractivity contribution >= 4 is 29.5 Å². The third-order valence-corrected chi connectivity index (χ3v) is 9.36. The first-order chi connectivity index (χ1) is 11.4. The molecule has 0 atom stereocenters. The van der Waals surface area contributed by atoms with Gasteiger partial charge in [0.2, 0.25) is 0 Å². The summed E-state index contributed by atoms with van der Waals surface area (Å²) in [6, 6.07) is 31.9. The van der Waals surface area contributed by atoms with E-state index >= 15 is 0 Å². The third kappa shape index (κ3) is 3.11. The van der Waals surface area contributed by atoms with Crippen LogP contribution < -0.4 is 15.9 Å². The van der Waals surface area contributed by atoms with Crippen LogP contribution in [0.1, 0.15) is 6.42 Å². The monoisotopic (exact) mass is 319 g/mol. The van der Waals surface area contributed by atoms with E-state index in [9.17, 15) is 4.79 Å². The molecule has 0 aliphatic heterocycles. The van der Waals surface area contributed by atoms with Crippen LogP contribution in [0.15, 0.2) is 91.0 Å². The Bertz CT molecular complexity index is 642. The zero-order valence-corrected chi connectivity index (χ0v) is 14.0. The van der Waals surface area contributed by atoms with Crippen LogP contribution in [0.2, 0.25) is 0 Å². The van der Waals surface area contributed by atoms with Gasteiger partial charge in [-0.1, -0.05) is 0 Å². The van der Waals surface area contributed by atoms with Gasteiger partial charge in [-0.05, 0) is 0 Å². The number of benzene rings is 3. The fraction of sp³-hybridized carbons (Fsp3) is 0.0952. The van der Waals surface area contributed by atoms with E-state index < -0.39 is 7.26 Å². The zero-order valence-electron chi connectivity index (χ0n) is 13.0. The molecular weight excluding hydrogens is 299 g/mol. The van der Waals surface area contributed by atoms with Gasteiger partial charge in [-0.2, -0.15) is 0 Å². The van der Waals surface area contributed by atoms with E-state index in [4.69, 9.17) is 0 Å². The van der Waals surface area contributed by atoms with Crippen LogP contribution in [0.4, 0.5) is 0 Å². The molecule has 0 fully saturated rings. The van der Waals surface area contributed by atoms with Gasteiger partial charge in [-0.15, -0.1) is 0 Å². The van der Waals surface area contributed by atoms with Crippen LogP contribution in [0.25, 0.3) is 0 Å². The van der Waals surface area contributed by atoms with Gasteiger partial charge in [-0.3, -0.25) is 0 Å². The number of hydrogen-bond acceptors (Lipinski definition) is 1. The Morgan fingerprint density at radius 1 is 0.609 bits per heavy atom. The maximum absolute atomic E-state index is 11.0. The van der Waals surface area contributed by atoms with Gasteiger partial charge in [0.1, 0.15) is 0 Å². The molecule has 0 N–H and O–H groups in total. The fourth-order valence-corrected chi connectivity index (χ4v) is 7.97. The first kappa shape index (κ1) is 15.6. The van der Waals surface area contributed by atoms with Crippen LogP contribution in [0, 0.1) is 0 Å². The normalized spacial score (nSPS) is 11.8. The molecule has 0 unspecified atom stereocenters.